The smallest absolute Gasteiger partial charge is 0.274 e. The highest BCUT2D eigenvalue weighted by Crippen LogP contribution is 2.26. The van der Waals surface area contributed by atoms with Gasteiger partial charge >= 0.3 is 0 Å². The molecule has 0 heterocycles. The molecule has 17 heavy (non-hydrogen) atoms. The van der Waals surface area contributed by atoms with Gasteiger partial charge in [-0.1, -0.05) is 19.9 Å². The fourth-order valence-corrected chi connectivity index (χ4v) is 1.68. The Kier molecular flexibility index (Phi) is 4.45. The van der Waals surface area contributed by atoms with Crippen molar-refractivity contribution in [1.29, 1.82) is 0 Å². The second-order valence-electron chi connectivity index (χ2n) is 4.44. The number of nitrogens with one attached hydrogen (secondary N) is 1. The Morgan fingerprint density at radius 2 is 2.12 bits per heavy atom. The number of nitro benzene ring substituents is 1. The second-order valence-corrected chi connectivity index (χ2v) is 4.44. The topological polar surface area (TPSA) is 81.2 Å². The van der Waals surface area contributed by atoms with Crippen LogP contribution in [0.4, 0.5) is 11.4 Å². The first-order valence-corrected chi connectivity index (χ1v) is 5.68. The molecule has 0 aliphatic rings. The minimum atomic E-state index is -0.368. The van der Waals surface area contributed by atoms with Crippen molar-refractivity contribution in [2.75, 3.05) is 11.9 Å². The lowest BCUT2D eigenvalue weighted by Gasteiger charge is -2.22. The van der Waals surface area contributed by atoms with E-state index in [1.54, 1.807) is 13.0 Å². The Hall–Kier alpha value is -1.62. The molecule has 94 valence electrons. The lowest BCUT2D eigenvalue weighted by molar-refractivity contribution is -0.385. The minimum absolute atomic E-state index is 0.121. The number of nitro groups is 1. The molecule has 0 aliphatic heterocycles. The predicted octanol–water partition coefficient (Wildman–Crippen LogP) is 2.30. The minimum Gasteiger partial charge on any atom is -0.380 e. The fraction of sp³-hybridized carbons (Fsp3) is 0.500. The molecule has 0 aliphatic carbocycles. The molecule has 0 aromatic heterocycles. The molecule has 1 aromatic carbocycles. The maximum Gasteiger partial charge on any atom is 0.274 e. The van der Waals surface area contributed by atoms with E-state index in [0.29, 0.717) is 18.0 Å². The molecule has 0 bridgehead atoms. The van der Waals surface area contributed by atoms with Crippen molar-refractivity contribution in [3.8, 4) is 0 Å². The third-order valence-corrected chi connectivity index (χ3v) is 2.90. The van der Waals surface area contributed by atoms with Gasteiger partial charge in [0.15, 0.2) is 0 Å². The molecule has 0 radical (unpaired) electrons. The van der Waals surface area contributed by atoms with Crippen molar-refractivity contribution in [2.24, 2.45) is 11.7 Å². The lowest BCUT2D eigenvalue weighted by atomic mass is 10.0. The Morgan fingerprint density at radius 1 is 1.47 bits per heavy atom. The summed E-state index contributed by atoms with van der Waals surface area (Å²) < 4.78 is 0. The van der Waals surface area contributed by atoms with E-state index < -0.39 is 0 Å². The molecule has 0 spiro atoms. The second kappa shape index (κ2) is 5.63. The van der Waals surface area contributed by atoms with Crippen LogP contribution in [0.5, 0.6) is 0 Å². The van der Waals surface area contributed by atoms with Crippen molar-refractivity contribution >= 4 is 11.4 Å². The molecule has 1 rings (SSSR count). The zero-order valence-corrected chi connectivity index (χ0v) is 10.4. The van der Waals surface area contributed by atoms with E-state index >= 15 is 0 Å². The van der Waals surface area contributed by atoms with Crippen molar-refractivity contribution in [3.05, 3.63) is 33.9 Å². The number of nitrogens with zero attached hydrogens (tertiary/aromatic N) is 1. The highest BCUT2D eigenvalue weighted by molar-refractivity contribution is 5.60. The molecular formula is C12H19N3O2. The SMILES string of the molecule is Cc1c(NC(CN)C(C)C)cccc1[N+](=O)[O-]. The van der Waals surface area contributed by atoms with Crippen LogP contribution < -0.4 is 11.1 Å². The van der Waals surface area contributed by atoms with E-state index in [4.69, 9.17) is 5.73 Å². The first-order valence-electron chi connectivity index (χ1n) is 5.68. The van der Waals surface area contributed by atoms with E-state index in [-0.39, 0.29) is 16.7 Å². The van der Waals surface area contributed by atoms with Crippen molar-refractivity contribution < 1.29 is 4.92 Å². The van der Waals surface area contributed by atoms with Crippen LogP contribution in [0.25, 0.3) is 0 Å². The summed E-state index contributed by atoms with van der Waals surface area (Å²) in [4.78, 5) is 10.4. The Morgan fingerprint density at radius 3 is 2.59 bits per heavy atom. The van der Waals surface area contributed by atoms with Gasteiger partial charge in [-0.3, -0.25) is 10.1 Å². The van der Waals surface area contributed by atoms with E-state index in [1.165, 1.54) is 6.07 Å². The van der Waals surface area contributed by atoms with Gasteiger partial charge < -0.3 is 11.1 Å². The quantitative estimate of drug-likeness (QED) is 0.608. The first kappa shape index (κ1) is 13.4. The van der Waals surface area contributed by atoms with E-state index in [2.05, 4.69) is 19.2 Å². The summed E-state index contributed by atoms with van der Waals surface area (Å²) >= 11 is 0. The van der Waals surface area contributed by atoms with Gasteiger partial charge in [0.05, 0.1) is 4.92 Å². The number of hydrogen-bond acceptors (Lipinski definition) is 4. The average molecular weight is 237 g/mol. The zero-order valence-electron chi connectivity index (χ0n) is 10.4. The molecule has 5 nitrogen and oxygen atoms in total. The van der Waals surface area contributed by atoms with E-state index in [1.807, 2.05) is 6.07 Å². The highest BCUT2D eigenvalue weighted by Gasteiger charge is 2.16. The van der Waals surface area contributed by atoms with Crippen LogP contribution in [-0.4, -0.2) is 17.5 Å². The third kappa shape index (κ3) is 3.17. The average Bonchev–Trinajstić information content (AvgIpc) is 2.26. The van der Waals surface area contributed by atoms with Gasteiger partial charge in [0.1, 0.15) is 0 Å². The van der Waals surface area contributed by atoms with Crippen LogP contribution in [0.15, 0.2) is 18.2 Å². The molecule has 5 heteroatoms. The van der Waals surface area contributed by atoms with Gasteiger partial charge in [-0.15, -0.1) is 0 Å². The summed E-state index contributed by atoms with van der Waals surface area (Å²) in [7, 11) is 0. The summed E-state index contributed by atoms with van der Waals surface area (Å²) in [6.07, 6.45) is 0. The van der Waals surface area contributed by atoms with Crippen LogP contribution in [0.2, 0.25) is 0 Å². The van der Waals surface area contributed by atoms with Gasteiger partial charge in [0, 0.05) is 29.9 Å². The summed E-state index contributed by atoms with van der Waals surface area (Å²) in [5.74, 6) is 0.374. The standard InChI is InChI=1S/C12H19N3O2/c1-8(2)11(7-13)14-10-5-4-6-12(9(10)3)15(16)17/h4-6,8,11,14H,7,13H2,1-3H3. The molecule has 1 aromatic rings. The van der Waals surface area contributed by atoms with Crippen molar-refractivity contribution in [2.45, 2.75) is 26.8 Å². The van der Waals surface area contributed by atoms with Crippen LogP contribution >= 0.6 is 0 Å². The molecule has 0 amide bonds. The number of anilines is 1. The molecule has 0 saturated heterocycles. The number of hydrogen-bond donors (Lipinski definition) is 2. The van der Waals surface area contributed by atoms with Gasteiger partial charge in [-0.05, 0) is 18.9 Å². The van der Waals surface area contributed by atoms with Gasteiger partial charge in [-0.25, -0.2) is 0 Å². The molecular weight excluding hydrogens is 218 g/mol. The van der Waals surface area contributed by atoms with Crippen molar-refractivity contribution in [3.63, 3.8) is 0 Å². The molecule has 3 N–H and O–H groups in total. The van der Waals surface area contributed by atoms with Gasteiger partial charge in [0.25, 0.3) is 5.69 Å². The first-order chi connectivity index (χ1) is 7.97. The van der Waals surface area contributed by atoms with Crippen LogP contribution in [0.3, 0.4) is 0 Å². The zero-order chi connectivity index (χ0) is 13.0. The Labute approximate surface area is 101 Å². The Bertz CT molecular complexity index is 405. The van der Waals surface area contributed by atoms with Crippen LogP contribution in [0.1, 0.15) is 19.4 Å². The van der Waals surface area contributed by atoms with Gasteiger partial charge in [-0.2, -0.15) is 0 Å². The molecule has 0 fully saturated rings. The number of nitrogens with two attached hydrogens (primary N) is 1. The molecule has 0 saturated carbocycles. The Balaban J connectivity index is 2.99. The maximum absolute atomic E-state index is 10.8. The van der Waals surface area contributed by atoms with Crippen LogP contribution in [-0.2, 0) is 0 Å². The number of rotatable bonds is 5. The summed E-state index contributed by atoms with van der Waals surface area (Å²) in [6.45, 7) is 6.38. The van der Waals surface area contributed by atoms with Gasteiger partial charge in [0.2, 0.25) is 0 Å². The predicted molar refractivity (Wildman–Crippen MR) is 69.1 cm³/mol. The monoisotopic (exact) mass is 237 g/mol. The molecule has 1 atom stereocenters. The molecule has 1 unspecified atom stereocenters. The van der Waals surface area contributed by atoms with E-state index in [9.17, 15) is 10.1 Å². The normalized spacial score (nSPS) is 12.5. The summed E-state index contributed by atoms with van der Waals surface area (Å²) in [5.41, 5.74) is 7.24. The lowest BCUT2D eigenvalue weighted by Crippen LogP contribution is -2.33. The summed E-state index contributed by atoms with van der Waals surface area (Å²) in [6, 6.07) is 5.15. The largest absolute Gasteiger partial charge is 0.380 e. The fourth-order valence-electron chi connectivity index (χ4n) is 1.68. The van der Waals surface area contributed by atoms with Crippen molar-refractivity contribution in [1.82, 2.24) is 0 Å². The third-order valence-electron chi connectivity index (χ3n) is 2.90. The highest BCUT2D eigenvalue weighted by atomic mass is 16.6. The van der Waals surface area contributed by atoms with E-state index in [0.717, 1.165) is 5.69 Å². The van der Waals surface area contributed by atoms with Crippen LogP contribution in [0, 0.1) is 23.0 Å². The number of benzene rings is 1. The maximum atomic E-state index is 10.8. The summed E-state index contributed by atoms with van der Waals surface area (Å²) in [5, 5.41) is 14.1.